The third kappa shape index (κ3) is 22.5. The van der Waals surface area contributed by atoms with Crippen LogP contribution in [0.5, 0.6) is 0 Å². The zero-order valence-corrected chi connectivity index (χ0v) is 9.29. The van der Waals surface area contributed by atoms with Gasteiger partial charge in [0.2, 0.25) is 10.0 Å². The minimum absolute atomic E-state index is 0.243. The number of rotatable bonds is 2. The molecule has 0 aromatic rings. The molecule has 76 valence electrons. The Kier molecular flexibility index (Phi) is 6.59. The molecule has 0 heterocycles. The normalized spacial score (nSPS) is 11.7. The van der Waals surface area contributed by atoms with E-state index >= 15 is 0 Å². The highest BCUT2D eigenvalue weighted by molar-refractivity contribution is 7.90. The summed E-state index contributed by atoms with van der Waals surface area (Å²) in [5.74, 6) is 0.243. The quantitative estimate of drug-likeness (QED) is 0.657. The minimum atomic E-state index is -2.91. The van der Waals surface area contributed by atoms with Crippen molar-refractivity contribution in [2.24, 2.45) is 0 Å². The number of nitrogens with one attached hydrogen (secondary N) is 1. The van der Waals surface area contributed by atoms with Crippen LogP contribution in [0.2, 0.25) is 0 Å². The zero-order valence-electron chi connectivity index (χ0n) is 7.66. The first kappa shape index (κ1) is 14.4. The van der Waals surface area contributed by atoms with Crippen LogP contribution in [0.1, 0.15) is 6.92 Å². The summed E-state index contributed by atoms with van der Waals surface area (Å²) in [6, 6.07) is 0. The van der Waals surface area contributed by atoms with Crippen molar-refractivity contribution in [3.05, 3.63) is 0 Å². The highest BCUT2D eigenvalue weighted by Crippen LogP contribution is 1.75. The molecular weight excluding hydrogens is 202 g/mol. The van der Waals surface area contributed by atoms with Crippen molar-refractivity contribution in [1.29, 1.82) is 0 Å². The lowest BCUT2D eigenvalue weighted by atomic mass is 11.0. The molecule has 0 bridgehead atoms. The molecule has 0 aromatic carbocycles. The van der Waals surface area contributed by atoms with Gasteiger partial charge >= 0.3 is 0 Å². The minimum Gasteiger partial charge on any atom is -0.229 e. The molecule has 0 fully saturated rings. The molecule has 0 atom stereocenters. The van der Waals surface area contributed by atoms with Crippen molar-refractivity contribution in [1.82, 2.24) is 4.72 Å². The van der Waals surface area contributed by atoms with E-state index in [1.165, 1.54) is 13.3 Å². The van der Waals surface area contributed by atoms with E-state index in [1.807, 2.05) is 0 Å². The standard InChI is InChI=1S/C3H8O2S.C2H7NO2S/c2*1-3-6(2,4)5/h3H2,1-2H3;3H,1-2H3. The van der Waals surface area contributed by atoms with Gasteiger partial charge < -0.3 is 0 Å². The maximum Gasteiger partial charge on any atom is 0.208 e. The predicted octanol–water partition coefficient (Wildman–Crippen LogP) is -0.784. The van der Waals surface area contributed by atoms with E-state index in [4.69, 9.17) is 0 Å². The Hall–Kier alpha value is -0.140. The topological polar surface area (TPSA) is 80.3 Å². The molecule has 0 aliphatic heterocycles. The summed E-state index contributed by atoms with van der Waals surface area (Å²) in [6.07, 6.45) is 2.32. The van der Waals surface area contributed by atoms with Gasteiger partial charge in [0.1, 0.15) is 9.84 Å². The molecule has 0 unspecified atom stereocenters. The van der Waals surface area contributed by atoms with Crippen molar-refractivity contribution < 1.29 is 16.8 Å². The molecule has 7 heteroatoms. The summed E-state index contributed by atoms with van der Waals surface area (Å²) in [4.78, 5) is 0. The van der Waals surface area contributed by atoms with Crippen molar-refractivity contribution in [2.45, 2.75) is 6.92 Å². The van der Waals surface area contributed by atoms with Gasteiger partial charge in [-0.15, -0.1) is 0 Å². The average Bonchev–Trinajstić information content (AvgIpc) is 1.86. The third-order valence-corrected chi connectivity index (χ3v) is 2.69. The van der Waals surface area contributed by atoms with Gasteiger partial charge in [-0.05, 0) is 7.05 Å². The van der Waals surface area contributed by atoms with Crippen molar-refractivity contribution in [3.63, 3.8) is 0 Å². The van der Waals surface area contributed by atoms with E-state index in [0.29, 0.717) is 0 Å². The van der Waals surface area contributed by atoms with Crippen LogP contribution in [0, 0.1) is 0 Å². The summed E-state index contributed by atoms with van der Waals surface area (Å²) >= 11 is 0. The molecule has 0 aromatic heterocycles. The van der Waals surface area contributed by atoms with Crippen LogP contribution >= 0.6 is 0 Å². The Balaban J connectivity index is 0. The highest BCUT2D eigenvalue weighted by Gasteiger charge is 1.90. The van der Waals surface area contributed by atoms with Crippen molar-refractivity contribution >= 4 is 19.9 Å². The van der Waals surface area contributed by atoms with Gasteiger partial charge in [-0.3, -0.25) is 0 Å². The Bertz CT molecular complexity index is 257. The Morgan fingerprint density at radius 3 is 1.25 bits per heavy atom. The fraction of sp³-hybridized carbons (Fsp3) is 1.00. The van der Waals surface area contributed by atoms with Gasteiger partial charge in [0.05, 0.1) is 6.26 Å². The molecule has 0 rings (SSSR count). The van der Waals surface area contributed by atoms with E-state index in [1.54, 1.807) is 6.92 Å². The van der Waals surface area contributed by atoms with Crippen LogP contribution in [0.15, 0.2) is 0 Å². The van der Waals surface area contributed by atoms with Crippen LogP contribution in [-0.2, 0) is 19.9 Å². The van der Waals surface area contributed by atoms with Crippen LogP contribution in [-0.4, -0.2) is 42.1 Å². The van der Waals surface area contributed by atoms with Gasteiger partial charge in [0, 0.05) is 12.0 Å². The first-order chi connectivity index (χ1) is 5.12. The fourth-order valence-electron chi connectivity index (χ4n) is 0. The van der Waals surface area contributed by atoms with E-state index in [-0.39, 0.29) is 5.75 Å². The van der Waals surface area contributed by atoms with Crippen LogP contribution < -0.4 is 4.72 Å². The second-order valence-corrected chi connectivity index (χ2v) is 6.57. The molecule has 5 nitrogen and oxygen atoms in total. The molecule has 0 spiro atoms. The van der Waals surface area contributed by atoms with E-state index < -0.39 is 19.9 Å². The maximum absolute atomic E-state index is 10.0. The molecule has 0 radical (unpaired) electrons. The molecule has 1 N–H and O–H groups in total. The lowest BCUT2D eigenvalue weighted by molar-refractivity contribution is 0.594. The Morgan fingerprint density at radius 2 is 1.25 bits per heavy atom. The Labute approximate surface area is 74.1 Å². The van der Waals surface area contributed by atoms with Crippen LogP contribution in [0.4, 0.5) is 0 Å². The third-order valence-electron chi connectivity index (χ3n) is 0.895. The first-order valence-corrected chi connectivity index (χ1v) is 7.13. The lowest BCUT2D eigenvalue weighted by Crippen LogP contribution is -2.15. The van der Waals surface area contributed by atoms with Crippen LogP contribution in [0.3, 0.4) is 0 Å². The summed E-state index contributed by atoms with van der Waals surface area (Å²) in [6.45, 7) is 1.62. The molecule has 0 aliphatic carbocycles. The molecule has 0 amide bonds. The molecule has 0 saturated carbocycles. The summed E-state index contributed by atoms with van der Waals surface area (Å²) in [5.41, 5.74) is 0. The zero-order chi connectivity index (χ0) is 10.4. The first-order valence-electron chi connectivity index (χ1n) is 3.18. The fourth-order valence-corrected chi connectivity index (χ4v) is 0. The van der Waals surface area contributed by atoms with E-state index in [2.05, 4.69) is 4.72 Å². The smallest absolute Gasteiger partial charge is 0.208 e. The summed E-state index contributed by atoms with van der Waals surface area (Å²) in [7, 11) is -4.20. The highest BCUT2D eigenvalue weighted by atomic mass is 32.2. The van der Waals surface area contributed by atoms with Crippen molar-refractivity contribution in [3.8, 4) is 0 Å². The summed E-state index contributed by atoms with van der Waals surface area (Å²) in [5, 5.41) is 0. The molecule has 12 heavy (non-hydrogen) atoms. The van der Waals surface area contributed by atoms with Gasteiger partial charge in [-0.25, -0.2) is 21.6 Å². The number of hydrogen-bond acceptors (Lipinski definition) is 4. The van der Waals surface area contributed by atoms with Gasteiger partial charge in [0.25, 0.3) is 0 Å². The Morgan fingerprint density at radius 1 is 1.08 bits per heavy atom. The SMILES string of the molecule is CCS(C)(=O)=O.CNS(C)(=O)=O. The molecule has 0 saturated heterocycles. The predicted molar refractivity (Wildman–Crippen MR) is 49.3 cm³/mol. The van der Waals surface area contributed by atoms with Crippen LogP contribution in [0.25, 0.3) is 0 Å². The van der Waals surface area contributed by atoms with E-state index in [9.17, 15) is 16.8 Å². The molecule has 0 aliphatic rings. The van der Waals surface area contributed by atoms with Gasteiger partial charge in [0.15, 0.2) is 0 Å². The number of sulfone groups is 1. The second-order valence-electron chi connectivity index (χ2n) is 2.19. The second kappa shape index (κ2) is 5.50. The van der Waals surface area contributed by atoms with E-state index in [0.717, 1.165) is 6.26 Å². The number of hydrogen-bond donors (Lipinski definition) is 1. The van der Waals surface area contributed by atoms with Gasteiger partial charge in [-0.1, -0.05) is 6.92 Å². The summed E-state index contributed by atoms with van der Waals surface area (Å²) < 4.78 is 41.9. The largest absolute Gasteiger partial charge is 0.229 e. The number of sulfonamides is 1. The maximum atomic E-state index is 10.0. The average molecular weight is 217 g/mol. The monoisotopic (exact) mass is 217 g/mol. The van der Waals surface area contributed by atoms with Gasteiger partial charge in [-0.2, -0.15) is 0 Å². The van der Waals surface area contributed by atoms with Crippen molar-refractivity contribution in [2.75, 3.05) is 25.3 Å². The molecular formula is C5H15NO4S2. The lowest BCUT2D eigenvalue weighted by Gasteiger charge is -1.85.